The maximum absolute atomic E-state index is 13.0. The molecule has 2 aromatic rings. The number of hydrogen-bond acceptors (Lipinski definition) is 3. The molecule has 1 heterocycles. The second-order valence-electron chi connectivity index (χ2n) is 8.36. The van der Waals surface area contributed by atoms with E-state index in [9.17, 15) is 9.59 Å². The molecule has 0 atom stereocenters. The number of anilines is 1. The smallest absolute Gasteiger partial charge is 0.254 e. The van der Waals surface area contributed by atoms with E-state index in [2.05, 4.69) is 40.9 Å². The van der Waals surface area contributed by atoms with Crippen molar-refractivity contribution in [1.82, 2.24) is 4.90 Å². The Kier molecular flexibility index (Phi) is 6.04. The zero-order chi connectivity index (χ0) is 21.4. The number of hydrogen-bond donors (Lipinski definition) is 1. The molecule has 2 aromatic carbocycles. The maximum atomic E-state index is 13.0. The van der Waals surface area contributed by atoms with Crippen LogP contribution in [0.25, 0.3) is 0 Å². The van der Waals surface area contributed by atoms with Gasteiger partial charge in [0, 0.05) is 39.4 Å². The normalized spacial score (nSPS) is 20.8. The first kappa shape index (κ1) is 21.2. The van der Waals surface area contributed by atoms with Crippen molar-refractivity contribution >= 4 is 40.1 Å². The van der Waals surface area contributed by atoms with Gasteiger partial charge in [0.2, 0.25) is 5.91 Å². The summed E-state index contributed by atoms with van der Waals surface area (Å²) in [6, 6.07) is 10.1. The molecule has 1 fully saturated rings. The molecule has 0 aromatic heterocycles. The quantitative estimate of drug-likeness (QED) is 0.576. The molecule has 4 rings (SSSR count). The van der Waals surface area contributed by atoms with Crippen molar-refractivity contribution in [2.75, 3.05) is 12.4 Å². The van der Waals surface area contributed by atoms with E-state index in [1.807, 2.05) is 36.1 Å². The molecule has 1 aliphatic carbocycles. The molecule has 0 unspecified atom stereocenters. The minimum atomic E-state index is -0.0173. The number of ether oxygens (including phenoxy) is 1. The Bertz CT molecular complexity index is 996. The van der Waals surface area contributed by atoms with Gasteiger partial charge in [-0.2, -0.15) is 0 Å². The lowest BCUT2D eigenvalue weighted by atomic mass is 9.84. The number of rotatable bonds is 4. The summed E-state index contributed by atoms with van der Waals surface area (Å²) in [6.07, 6.45) is 3.34. The van der Waals surface area contributed by atoms with E-state index < -0.39 is 0 Å². The highest BCUT2D eigenvalue weighted by Gasteiger charge is 2.37. The standard InChI is InChI=1S/C24H27IN2O3/c1-14-4-7-18(12-22(14)30-3)26-23(28)16-5-8-19(9-6-16)27-13-21-15(2)10-17(25)11-20(21)24(27)29/h4,7,10-12,16,19H,5-6,8-9,13H2,1-3H3,(H,26,28). The summed E-state index contributed by atoms with van der Waals surface area (Å²) in [5.41, 5.74) is 5.01. The topological polar surface area (TPSA) is 58.6 Å². The Labute approximate surface area is 191 Å². The van der Waals surface area contributed by atoms with Crippen LogP contribution in [-0.4, -0.2) is 29.9 Å². The largest absolute Gasteiger partial charge is 0.496 e. The number of carbonyl (C=O) groups excluding carboxylic acids is 2. The molecule has 1 aliphatic heterocycles. The molecule has 6 heteroatoms. The zero-order valence-electron chi connectivity index (χ0n) is 17.6. The molecular formula is C24H27IN2O3. The third kappa shape index (κ3) is 4.06. The SMILES string of the molecule is COc1cc(NC(=O)C2CCC(N3Cc4c(C)cc(I)cc4C3=O)CC2)ccc1C. The van der Waals surface area contributed by atoms with E-state index in [4.69, 9.17) is 4.74 Å². The van der Waals surface area contributed by atoms with E-state index in [1.54, 1.807) is 7.11 Å². The van der Waals surface area contributed by atoms with Crippen molar-refractivity contribution in [3.63, 3.8) is 0 Å². The third-order valence-corrected chi connectivity index (χ3v) is 7.06. The molecule has 30 heavy (non-hydrogen) atoms. The lowest BCUT2D eigenvalue weighted by Crippen LogP contribution is -2.40. The van der Waals surface area contributed by atoms with Crippen LogP contribution in [0.2, 0.25) is 0 Å². The first-order valence-electron chi connectivity index (χ1n) is 10.4. The first-order chi connectivity index (χ1) is 14.4. The van der Waals surface area contributed by atoms with Crippen LogP contribution < -0.4 is 10.1 Å². The molecule has 5 nitrogen and oxygen atoms in total. The molecule has 158 valence electrons. The number of methoxy groups -OCH3 is 1. The van der Waals surface area contributed by atoms with Gasteiger partial charge in [0.15, 0.2) is 0 Å². The number of carbonyl (C=O) groups is 2. The summed E-state index contributed by atoms with van der Waals surface area (Å²) in [6.45, 7) is 4.76. The fraction of sp³-hybridized carbons (Fsp3) is 0.417. The van der Waals surface area contributed by atoms with Crippen LogP contribution in [0.15, 0.2) is 30.3 Å². The Hall–Kier alpha value is -2.09. The minimum Gasteiger partial charge on any atom is -0.496 e. The third-order valence-electron chi connectivity index (χ3n) is 6.44. The van der Waals surface area contributed by atoms with Crippen molar-refractivity contribution in [1.29, 1.82) is 0 Å². The van der Waals surface area contributed by atoms with Gasteiger partial charge in [0.05, 0.1) is 7.11 Å². The fourth-order valence-corrected chi connectivity index (χ4v) is 5.44. The summed E-state index contributed by atoms with van der Waals surface area (Å²) >= 11 is 2.27. The lowest BCUT2D eigenvalue weighted by Gasteiger charge is -2.34. The number of amides is 2. The van der Waals surface area contributed by atoms with E-state index in [1.165, 1.54) is 5.56 Å². The highest BCUT2D eigenvalue weighted by atomic mass is 127. The van der Waals surface area contributed by atoms with Gasteiger partial charge in [-0.15, -0.1) is 0 Å². The summed E-state index contributed by atoms with van der Waals surface area (Å²) in [4.78, 5) is 27.8. The van der Waals surface area contributed by atoms with Crippen LogP contribution in [0, 0.1) is 23.3 Å². The number of benzene rings is 2. The number of fused-ring (bicyclic) bond motifs is 1. The van der Waals surface area contributed by atoms with Gasteiger partial charge < -0.3 is 15.0 Å². The molecule has 1 saturated carbocycles. The molecule has 2 aliphatic rings. The monoisotopic (exact) mass is 518 g/mol. The molecule has 0 bridgehead atoms. The Morgan fingerprint density at radius 1 is 1.10 bits per heavy atom. The van der Waals surface area contributed by atoms with Crippen LogP contribution >= 0.6 is 22.6 Å². The number of nitrogens with zero attached hydrogens (tertiary/aromatic N) is 1. The maximum Gasteiger partial charge on any atom is 0.254 e. The van der Waals surface area contributed by atoms with Crippen LogP contribution in [-0.2, 0) is 11.3 Å². The van der Waals surface area contributed by atoms with Gasteiger partial charge in [-0.25, -0.2) is 0 Å². The van der Waals surface area contributed by atoms with Gasteiger partial charge >= 0.3 is 0 Å². The second-order valence-corrected chi connectivity index (χ2v) is 9.61. The van der Waals surface area contributed by atoms with Crippen LogP contribution in [0.1, 0.15) is 52.7 Å². The Morgan fingerprint density at radius 2 is 1.83 bits per heavy atom. The average molecular weight is 518 g/mol. The van der Waals surface area contributed by atoms with E-state index in [0.717, 1.165) is 57.4 Å². The van der Waals surface area contributed by atoms with Crippen LogP contribution in [0.3, 0.4) is 0 Å². The van der Waals surface area contributed by atoms with Gasteiger partial charge in [-0.3, -0.25) is 9.59 Å². The molecular weight excluding hydrogens is 491 g/mol. The van der Waals surface area contributed by atoms with Crippen molar-refractivity contribution in [3.8, 4) is 5.75 Å². The predicted octanol–water partition coefficient (Wildman–Crippen LogP) is 5.07. The van der Waals surface area contributed by atoms with Crippen molar-refractivity contribution in [3.05, 3.63) is 56.2 Å². The Morgan fingerprint density at radius 3 is 2.53 bits per heavy atom. The number of halogens is 1. The van der Waals surface area contributed by atoms with Crippen LogP contribution in [0.4, 0.5) is 5.69 Å². The highest BCUT2D eigenvalue weighted by Crippen LogP contribution is 2.35. The van der Waals surface area contributed by atoms with Crippen molar-refractivity contribution in [2.45, 2.75) is 52.1 Å². The van der Waals surface area contributed by atoms with Gasteiger partial charge in [-0.1, -0.05) is 6.07 Å². The lowest BCUT2D eigenvalue weighted by molar-refractivity contribution is -0.121. The predicted molar refractivity (Wildman–Crippen MR) is 126 cm³/mol. The van der Waals surface area contributed by atoms with Gasteiger partial charge in [-0.05, 0) is 97.0 Å². The molecule has 2 amide bonds. The van der Waals surface area contributed by atoms with Crippen molar-refractivity contribution in [2.24, 2.45) is 5.92 Å². The highest BCUT2D eigenvalue weighted by molar-refractivity contribution is 14.1. The molecule has 1 N–H and O–H groups in total. The number of nitrogens with one attached hydrogen (secondary N) is 1. The Balaban J connectivity index is 1.37. The molecule has 0 saturated heterocycles. The summed E-state index contributed by atoms with van der Waals surface area (Å²) in [7, 11) is 1.63. The zero-order valence-corrected chi connectivity index (χ0v) is 19.8. The minimum absolute atomic E-state index is 0.0173. The average Bonchev–Trinajstić information content (AvgIpc) is 3.06. The second kappa shape index (κ2) is 8.57. The fourth-order valence-electron chi connectivity index (χ4n) is 4.66. The van der Waals surface area contributed by atoms with E-state index >= 15 is 0 Å². The van der Waals surface area contributed by atoms with Crippen LogP contribution in [0.5, 0.6) is 5.75 Å². The van der Waals surface area contributed by atoms with Gasteiger partial charge in [0.25, 0.3) is 5.91 Å². The molecule has 0 radical (unpaired) electrons. The van der Waals surface area contributed by atoms with E-state index in [-0.39, 0.29) is 23.8 Å². The van der Waals surface area contributed by atoms with Crippen molar-refractivity contribution < 1.29 is 14.3 Å². The first-order valence-corrected chi connectivity index (χ1v) is 11.5. The summed E-state index contributed by atoms with van der Waals surface area (Å²) < 4.78 is 6.45. The summed E-state index contributed by atoms with van der Waals surface area (Å²) in [5.74, 6) is 0.956. The molecule has 0 spiro atoms. The summed E-state index contributed by atoms with van der Waals surface area (Å²) in [5, 5.41) is 3.03. The van der Waals surface area contributed by atoms with E-state index in [0.29, 0.717) is 6.54 Å². The number of aryl methyl sites for hydroxylation is 2. The van der Waals surface area contributed by atoms with Gasteiger partial charge in [0.1, 0.15) is 5.75 Å².